The van der Waals surface area contributed by atoms with Gasteiger partial charge in [0.2, 0.25) is 0 Å². The van der Waals surface area contributed by atoms with Gasteiger partial charge in [-0.15, -0.1) is 0 Å². The van der Waals surface area contributed by atoms with E-state index in [0.717, 1.165) is 24.8 Å². The Balaban J connectivity index is 1.68. The van der Waals surface area contributed by atoms with Gasteiger partial charge in [0.05, 0.1) is 0 Å². The van der Waals surface area contributed by atoms with Crippen molar-refractivity contribution in [2.45, 2.75) is 13.3 Å². The molecule has 0 radical (unpaired) electrons. The van der Waals surface area contributed by atoms with Gasteiger partial charge >= 0.3 is 0 Å². The standard InChI is InChI=1S/C14H23N3/c1-12(14-9-16-10-14)11-17(2)8-5-13-3-6-15-7-4-13/h3-4,6-7,12,14,16H,5,8-11H2,1-2H3. The summed E-state index contributed by atoms with van der Waals surface area (Å²) in [5, 5.41) is 3.35. The molecule has 1 atom stereocenters. The Hall–Kier alpha value is -0.930. The van der Waals surface area contributed by atoms with E-state index in [2.05, 4.69) is 41.3 Å². The molecule has 3 nitrogen and oxygen atoms in total. The number of pyridine rings is 1. The van der Waals surface area contributed by atoms with Crippen LogP contribution in [-0.4, -0.2) is 43.1 Å². The maximum absolute atomic E-state index is 4.04. The zero-order valence-corrected chi connectivity index (χ0v) is 10.9. The quantitative estimate of drug-likeness (QED) is 0.805. The van der Waals surface area contributed by atoms with Crippen LogP contribution < -0.4 is 5.32 Å². The van der Waals surface area contributed by atoms with Gasteiger partial charge in [-0.05, 0) is 56.1 Å². The molecule has 1 unspecified atom stereocenters. The normalized spacial score (nSPS) is 18.1. The number of hydrogen-bond donors (Lipinski definition) is 1. The molecule has 2 rings (SSSR count). The molecular weight excluding hydrogens is 210 g/mol. The number of rotatable bonds is 6. The molecule has 1 aliphatic heterocycles. The first-order valence-electron chi connectivity index (χ1n) is 6.54. The Bertz CT molecular complexity index is 321. The predicted octanol–water partition coefficient (Wildman–Crippen LogP) is 1.41. The second kappa shape index (κ2) is 6.12. The molecule has 3 heteroatoms. The highest BCUT2D eigenvalue weighted by molar-refractivity contribution is 5.09. The average Bonchev–Trinajstić information content (AvgIpc) is 2.25. The first-order valence-corrected chi connectivity index (χ1v) is 6.54. The summed E-state index contributed by atoms with van der Waals surface area (Å²) in [6.45, 7) is 7.12. The minimum atomic E-state index is 0.804. The van der Waals surface area contributed by atoms with Crippen LogP contribution in [0.15, 0.2) is 24.5 Å². The van der Waals surface area contributed by atoms with Crippen molar-refractivity contribution in [2.24, 2.45) is 11.8 Å². The molecule has 1 N–H and O–H groups in total. The minimum Gasteiger partial charge on any atom is -0.316 e. The summed E-state index contributed by atoms with van der Waals surface area (Å²) < 4.78 is 0. The van der Waals surface area contributed by atoms with Crippen molar-refractivity contribution in [1.29, 1.82) is 0 Å². The van der Waals surface area contributed by atoms with Crippen LogP contribution in [0.4, 0.5) is 0 Å². The first kappa shape index (κ1) is 12.5. The SMILES string of the molecule is CC(CN(C)CCc1ccncc1)C1CNC1. The van der Waals surface area contributed by atoms with Gasteiger partial charge in [-0.25, -0.2) is 0 Å². The van der Waals surface area contributed by atoms with Crippen molar-refractivity contribution >= 4 is 0 Å². The van der Waals surface area contributed by atoms with Crippen LogP contribution in [0.2, 0.25) is 0 Å². The third-order valence-electron chi connectivity index (χ3n) is 3.75. The number of nitrogens with zero attached hydrogens (tertiary/aromatic N) is 2. The Labute approximate surface area is 104 Å². The molecule has 1 aromatic rings. The summed E-state index contributed by atoms with van der Waals surface area (Å²) in [4.78, 5) is 6.49. The van der Waals surface area contributed by atoms with Crippen LogP contribution in [0.3, 0.4) is 0 Å². The lowest BCUT2D eigenvalue weighted by atomic mass is 9.88. The highest BCUT2D eigenvalue weighted by atomic mass is 15.1. The molecule has 0 saturated carbocycles. The largest absolute Gasteiger partial charge is 0.316 e. The van der Waals surface area contributed by atoms with Crippen LogP contribution in [0.25, 0.3) is 0 Å². The van der Waals surface area contributed by atoms with E-state index < -0.39 is 0 Å². The average molecular weight is 233 g/mol. The smallest absolute Gasteiger partial charge is 0.0270 e. The summed E-state index contributed by atoms with van der Waals surface area (Å²) >= 11 is 0. The van der Waals surface area contributed by atoms with Gasteiger partial charge in [0.15, 0.2) is 0 Å². The van der Waals surface area contributed by atoms with Crippen LogP contribution in [0.1, 0.15) is 12.5 Å². The van der Waals surface area contributed by atoms with Gasteiger partial charge in [0.1, 0.15) is 0 Å². The molecule has 1 saturated heterocycles. The summed E-state index contributed by atoms with van der Waals surface area (Å²) in [6.07, 6.45) is 4.87. The van der Waals surface area contributed by atoms with Gasteiger partial charge in [-0.2, -0.15) is 0 Å². The van der Waals surface area contributed by atoms with Crippen molar-refractivity contribution in [3.8, 4) is 0 Å². The third kappa shape index (κ3) is 3.79. The van der Waals surface area contributed by atoms with E-state index >= 15 is 0 Å². The number of hydrogen-bond acceptors (Lipinski definition) is 3. The van der Waals surface area contributed by atoms with Crippen molar-refractivity contribution in [3.63, 3.8) is 0 Å². The number of likely N-dealkylation sites (N-methyl/N-ethyl adjacent to an activating group) is 1. The van der Waals surface area contributed by atoms with Crippen molar-refractivity contribution in [3.05, 3.63) is 30.1 Å². The minimum absolute atomic E-state index is 0.804. The first-order chi connectivity index (χ1) is 8.25. The monoisotopic (exact) mass is 233 g/mol. The Morgan fingerprint density at radius 3 is 2.71 bits per heavy atom. The Morgan fingerprint density at radius 2 is 2.12 bits per heavy atom. The fourth-order valence-electron chi connectivity index (χ4n) is 2.31. The van der Waals surface area contributed by atoms with E-state index in [4.69, 9.17) is 0 Å². The van der Waals surface area contributed by atoms with Crippen molar-refractivity contribution < 1.29 is 0 Å². The Morgan fingerprint density at radius 1 is 1.41 bits per heavy atom. The fourth-order valence-corrected chi connectivity index (χ4v) is 2.31. The van der Waals surface area contributed by atoms with Gasteiger partial charge in [-0.1, -0.05) is 6.92 Å². The zero-order chi connectivity index (χ0) is 12.1. The lowest BCUT2D eigenvalue weighted by Crippen LogP contribution is -2.48. The van der Waals surface area contributed by atoms with E-state index in [-0.39, 0.29) is 0 Å². The van der Waals surface area contributed by atoms with Gasteiger partial charge < -0.3 is 10.2 Å². The summed E-state index contributed by atoms with van der Waals surface area (Å²) in [5.41, 5.74) is 1.38. The highest BCUT2D eigenvalue weighted by Gasteiger charge is 2.23. The van der Waals surface area contributed by atoms with E-state index in [1.165, 1.54) is 25.2 Å². The molecule has 0 spiro atoms. The lowest BCUT2D eigenvalue weighted by Gasteiger charge is -2.34. The van der Waals surface area contributed by atoms with E-state index in [1.54, 1.807) is 0 Å². The molecule has 1 aromatic heterocycles. The summed E-state index contributed by atoms with van der Waals surface area (Å²) in [6, 6.07) is 4.21. The molecule has 94 valence electrons. The van der Waals surface area contributed by atoms with Gasteiger partial charge in [-0.3, -0.25) is 4.98 Å². The third-order valence-corrected chi connectivity index (χ3v) is 3.75. The molecular formula is C14H23N3. The second-order valence-electron chi connectivity index (χ2n) is 5.26. The van der Waals surface area contributed by atoms with Crippen LogP contribution >= 0.6 is 0 Å². The van der Waals surface area contributed by atoms with Gasteiger partial charge in [0.25, 0.3) is 0 Å². The van der Waals surface area contributed by atoms with Crippen molar-refractivity contribution in [2.75, 3.05) is 33.2 Å². The molecule has 1 aliphatic rings. The maximum atomic E-state index is 4.04. The topological polar surface area (TPSA) is 28.2 Å². The second-order valence-corrected chi connectivity index (χ2v) is 5.26. The van der Waals surface area contributed by atoms with E-state index in [1.807, 2.05) is 12.4 Å². The molecule has 0 amide bonds. The lowest BCUT2D eigenvalue weighted by molar-refractivity contribution is 0.187. The van der Waals surface area contributed by atoms with Crippen LogP contribution in [0, 0.1) is 11.8 Å². The van der Waals surface area contributed by atoms with Crippen molar-refractivity contribution in [1.82, 2.24) is 15.2 Å². The summed E-state index contributed by atoms with van der Waals surface area (Å²) in [5.74, 6) is 1.69. The number of nitrogens with one attached hydrogen (secondary N) is 1. The highest BCUT2D eigenvalue weighted by Crippen LogP contribution is 2.16. The van der Waals surface area contributed by atoms with E-state index in [9.17, 15) is 0 Å². The maximum Gasteiger partial charge on any atom is 0.0270 e. The van der Waals surface area contributed by atoms with Crippen LogP contribution in [0.5, 0.6) is 0 Å². The number of aromatic nitrogens is 1. The molecule has 2 heterocycles. The zero-order valence-electron chi connectivity index (χ0n) is 10.9. The molecule has 0 bridgehead atoms. The fraction of sp³-hybridized carbons (Fsp3) is 0.643. The van der Waals surface area contributed by atoms with Gasteiger partial charge in [0, 0.05) is 25.5 Å². The molecule has 1 fully saturated rings. The molecule has 0 aliphatic carbocycles. The molecule has 17 heavy (non-hydrogen) atoms. The van der Waals surface area contributed by atoms with Crippen LogP contribution in [-0.2, 0) is 6.42 Å². The Kier molecular flexibility index (Phi) is 4.51. The summed E-state index contributed by atoms with van der Waals surface area (Å²) in [7, 11) is 2.23. The van der Waals surface area contributed by atoms with E-state index in [0.29, 0.717) is 0 Å². The predicted molar refractivity (Wildman–Crippen MR) is 71.0 cm³/mol. The molecule has 0 aromatic carbocycles.